The summed E-state index contributed by atoms with van der Waals surface area (Å²) in [7, 11) is 0. The van der Waals surface area contributed by atoms with Gasteiger partial charge in [0.15, 0.2) is 0 Å². The molecule has 1 aliphatic rings. The van der Waals surface area contributed by atoms with Crippen LogP contribution in [0.1, 0.15) is 25.3 Å². The molecule has 1 aliphatic carbocycles. The fourth-order valence-electron chi connectivity index (χ4n) is 2.17. The molecule has 5 heteroatoms. The van der Waals surface area contributed by atoms with Gasteiger partial charge in [-0.05, 0) is 44.0 Å². The number of carbonyl (C=O) groups excluding carboxylic acids is 2. The fraction of sp³-hybridized carbons (Fsp3) is 0.294. The van der Waals surface area contributed by atoms with Gasteiger partial charge in [0.2, 0.25) is 0 Å². The molecule has 2 N–H and O–H groups in total. The molecular formula is C17H20N2O3. The van der Waals surface area contributed by atoms with Crippen molar-refractivity contribution in [3.8, 4) is 0 Å². The van der Waals surface area contributed by atoms with Gasteiger partial charge in [0.25, 0.3) is 0 Å². The number of ether oxygens (including phenoxy) is 1. The Kier molecular flexibility index (Phi) is 5.36. The van der Waals surface area contributed by atoms with Gasteiger partial charge in [-0.3, -0.25) is 9.59 Å². The van der Waals surface area contributed by atoms with E-state index < -0.39 is 11.8 Å². The molecule has 0 spiro atoms. The second kappa shape index (κ2) is 7.45. The number of nitrogens with one attached hydrogen (secondary N) is 2. The molecule has 1 aromatic rings. The normalized spacial score (nSPS) is 13.7. The Morgan fingerprint density at radius 3 is 2.73 bits per heavy atom. The number of anilines is 1. The Morgan fingerprint density at radius 1 is 1.23 bits per heavy atom. The highest BCUT2D eigenvalue weighted by Crippen LogP contribution is 2.18. The van der Waals surface area contributed by atoms with Crippen LogP contribution in [0.15, 0.2) is 47.9 Å². The molecule has 0 unspecified atom stereocenters. The van der Waals surface area contributed by atoms with E-state index in [2.05, 4.69) is 10.6 Å². The van der Waals surface area contributed by atoms with E-state index in [4.69, 9.17) is 4.74 Å². The van der Waals surface area contributed by atoms with Crippen molar-refractivity contribution in [3.05, 3.63) is 53.4 Å². The van der Waals surface area contributed by atoms with Crippen LogP contribution >= 0.6 is 0 Å². The lowest BCUT2D eigenvalue weighted by molar-refractivity contribution is -0.135. The zero-order chi connectivity index (χ0) is 15.9. The van der Waals surface area contributed by atoms with Crippen molar-refractivity contribution >= 4 is 17.5 Å². The van der Waals surface area contributed by atoms with Crippen molar-refractivity contribution in [1.82, 2.24) is 5.32 Å². The number of hydrogen-bond donors (Lipinski definition) is 2. The largest absolute Gasteiger partial charge is 0.496 e. The monoisotopic (exact) mass is 300 g/mol. The average Bonchev–Trinajstić information content (AvgIpc) is 2.49. The predicted octanol–water partition coefficient (Wildman–Crippen LogP) is 2.65. The summed E-state index contributed by atoms with van der Waals surface area (Å²) in [6.07, 6.45) is 5.30. The molecule has 2 amide bonds. The minimum absolute atomic E-state index is 0.526. The summed E-state index contributed by atoms with van der Waals surface area (Å²) in [5.74, 6) is -0.699. The highest BCUT2D eigenvalue weighted by molar-refractivity contribution is 6.40. The summed E-state index contributed by atoms with van der Waals surface area (Å²) in [5, 5.41) is 5.19. The zero-order valence-electron chi connectivity index (χ0n) is 12.8. The van der Waals surface area contributed by atoms with E-state index in [-0.39, 0.29) is 0 Å². The van der Waals surface area contributed by atoms with Crippen LogP contribution in [0.3, 0.4) is 0 Å². The SMILES string of the molecule is CCOC1=C(NC(=O)C(=O)Nc2cccc(C)c2)C=CCC1. The number of aryl methyl sites for hydroxylation is 1. The van der Waals surface area contributed by atoms with E-state index in [1.165, 1.54) is 0 Å². The Hall–Kier alpha value is -2.56. The van der Waals surface area contributed by atoms with Crippen LogP contribution in [0.25, 0.3) is 0 Å². The third-order valence-electron chi connectivity index (χ3n) is 3.17. The van der Waals surface area contributed by atoms with Crippen molar-refractivity contribution in [2.45, 2.75) is 26.7 Å². The topological polar surface area (TPSA) is 67.4 Å². The standard InChI is InChI=1S/C17H20N2O3/c1-3-22-15-10-5-4-9-14(15)19-17(21)16(20)18-13-8-6-7-12(2)11-13/h4,6-9,11H,3,5,10H2,1-2H3,(H,18,20)(H,19,21). The minimum atomic E-state index is -0.708. The highest BCUT2D eigenvalue weighted by atomic mass is 16.5. The Morgan fingerprint density at radius 2 is 2.00 bits per heavy atom. The van der Waals surface area contributed by atoms with Crippen molar-refractivity contribution in [1.29, 1.82) is 0 Å². The summed E-state index contributed by atoms with van der Waals surface area (Å²) in [6.45, 7) is 4.33. The molecule has 0 radical (unpaired) electrons. The molecule has 0 aliphatic heterocycles. The van der Waals surface area contributed by atoms with Crippen LogP contribution in [-0.2, 0) is 14.3 Å². The molecule has 2 rings (SSSR count). The third-order valence-corrected chi connectivity index (χ3v) is 3.17. The molecule has 0 saturated heterocycles. The molecular weight excluding hydrogens is 280 g/mol. The Labute approximate surface area is 130 Å². The lowest BCUT2D eigenvalue weighted by Gasteiger charge is -2.16. The zero-order valence-corrected chi connectivity index (χ0v) is 12.8. The Balaban J connectivity index is 2.02. The first-order valence-corrected chi connectivity index (χ1v) is 7.31. The van der Waals surface area contributed by atoms with Crippen LogP contribution in [0.2, 0.25) is 0 Å². The smallest absolute Gasteiger partial charge is 0.314 e. The fourth-order valence-corrected chi connectivity index (χ4v) is 2.17. The van der Waals surface area contributed by atoms with Crippen molar-refractivity contribution in [3.63, 3.8) is 0 Å². The molecule has 0 atom stereocenters. The van der Waals surface area contributed by atoms with Crippen LogP contribution in [-0.4, -0.2) is 18.4 Å². The number of carbonyl (C=O) groups is 2. The molecule has 0 saturated carbocycles. The van der Waals surface area contributed by atoms with Gasteiger partial charge in [0, 0.05) is 12.1 Å². The van der Waals surface area contributed by atoms with Crippen LogP contribution in [0.5, 0.6) is 0 Å². The molecule has 116 valence electrons. The second-order valence-corrected chi connectivity index (χ2v) is 4.99. The number of allylic oxidation sites excluding steroid dienone is 3. The van der Waals surface area contributed by atoms with Crippen LogP contribution in [0, 0.1) is 6.92 Å². The first-order chi connectivity index (χ1) is 10.6. The molecule has 22 heavy (non-hydrogen) atoms. The van der Waals surface area contributed by atoms with Gasteiger partial charge in [-0.25, -0.2) is 0 Å². The van der Waals surface area contributed by atoms with Crippen molar-refractivity contribution < 1.29 is 14.3 Å². The first kappa shape index (κ1) is 15.8. The second-order valence-electron chi connectivity index (χ2n) is 4.99. The van der Waals surface area contributed by atoms with Gasteiger partial charge >= 0.3 is 11.8 Å². The van der Waals surface area contributed by atoms with Gasteiger partial charge < -0.3 is 15.4 Å². The van der Waals surface area contributed by atoms with Gasteiger partial charge in [-0.15, -0.1) is 0 Å². The lowest BCUT2D eigenvalue weighted by atomic mass is 10.1. The third kappa shape index (κ3) is 4.22. The summed E-state index contributed by atoms with van der Waals surface area (Å²) in [6, 6.07) is 7.28. The van der Waals surface area contributed by atoms with Gasteiger partial charge in [0.05, 0.1) is 12.3 Å². The summed E-state index contributed by atoms with van der Waals surface area (Å²) in [5.41, 5.74) is 2.16. The number of hydrogen-bond acceptors (Lipinski definition) is 3. The molecule has 0 aromatic heterocycles. The van der Waals surface area contributed by atoms with Crippen LogP contribution in [0.4, 0.5) is 5.69 Å². The molecule has 5 nitrogen and oxygen atoms in total. The number of amides is 2. The quantitative estimate of drug-likeness (QED) is 0.840. The minimum Gasteiger partial charge on any atom is -0.496 e. The van der Waals surface area contributed by atoms with E-state index in [9.17, 15) is 9.59 Å². The number of rotatable bonds is 4. The molecule has 0 heterocycles. The van der Waals surface area contributed by atoms with E-state index >= 15 is 0 Å². The van der Waals surface area contributed by atoms with Gasteiger partial charge in [-0.1, -0.05) is 18.2 Å². The van der Waals surface area contributed by atoms with E-state index in [0.29, 0.717) is 23.8 Å². The van der Waals surface area contributed by atoms with Crippen LogP contribution < -0.4 is 10.6 Å². The van der Waals surface area contributed by atoms with Gasteiger partial charge in [-0.2, -0.15) is 0 Å². The molecule has 0 fully saturated rings. The van der Waals surface area contributed by atoms with Crippen molar-refractivity contribution in [2.75, 3.05) is 11.9 Å². The maximum Gasteiger partial charge on any atom is 0.314 e. The van der Waals surface area contributed by atoms with E-state index in [0.717, 1.165) is 18.4 Å². The maximum absolute atomic E-state index is 12.0. The summed E-state index contributed by atoms with van der Waals surface area (Å²) >= 11 is 0. The molecule has 1 aromatic carbocycles. The van der Waals surface area contributed by atoms with E-state index in [1.807, 2.05) is 32.1 Å². The Bertz CT molecular complexity index is 633. The van der Waals surface area contributed by atoms with E-state index in [1.54, 1.807) is 18.2 Å². The molecule has 0 bridgehead atoms. The maximum atomic E-state index is 12.0. The average molecular weight is 300 g/mol. The van der Waals surface area contributed by atoms with Gasteiger partial charge in [0.1, 0.15) is 5.76 Å². The summed E-state index contributed by atoms with van der Waals surface area (Å²) in [4.78, 5) is 24.0. The predicted molar refractivity (Wildman–Crippen MR) is 85.0 cm³/mol. The first-order valence-electron chi connectivity index (χ1n) is 7.31. The highest BCUT2D eigenvalue weighted by Gasteiger charge is 2.18. The lowest BCUT2D eigenvalue weighted by Crippen LogP contribution is -2.35. The van der Waals surface area contributed by atoms with Crippen molar-refractivity contribution in [2.24, 2.45) is 0 Å². The number of benzene rings is 1. The summed E-state index contributed by atoms with van der Waals surface area (Å²) < 4.78 is 5.49.